The first-order chi connectivity index (χ1) is 11.0. The van der Waals surface area contributed by atoms with Crippen molar-refractivity contribution < 1.29 is 19.0 Å². The molecule has 0 aliphatic carbocycles. The first kappa shape index (κ1) is 17.8. The van der Waals surface area contributed by atoms with Crippen LogP contribution in [0.15, 0.2) is 24.3 Å². The van der Waals surface area contributed by atoms with E-state index in [2.05, 4.69) is 17.4 Å². The number of carbonyl (C=O) groups excluding carboxylic acids is 1. The molecule has 0 unspecified atom stereocenters. The number of carbonyl (C=O) groups is 1. The predicted molar refractivity (Wildman–Crippen MR) is 88.7 cm³/mol. The zero-order chi connectivity index (χ0) is 16.7. The number of nitrogens with one attached hydrogen (secondary N) is 1. The monoisotopic (exact) mass is 321 g/mol. The highest BCUT2D eigenvalue weighted by molar-refractivity contribution is 5.81. The van der Waals surface area contributed by atoms with Crippen molar-refractivity contribution in [3.8, 4) is 5.75 Å². The van der Waals surface area contributed by atoms with Gasteiger partial charge in [0.25, 0.3) is 5.91 Å². The summed E-state index contributed by atoms with van der Waals surface area (Å²) < 4.78 is 16.3. The average Bonchev–Trinajstić information content (AvgIpc) is 2.54. The number of hydrogen-bond acceptors (Lipinski definition) is 4. The van der Waals surface area contributed by atoms with Gasteiger partial charge in [0, 0.05) is 6.04 Å². The molecule has 128 valence electrons. The Hall–Kier alpha value is -1.59. The third kappa shape index (κ3) is 6.20. The van der Waals surface area contributed by atoms with Crippen LogP contribution >= 0.6 is 0 Å². The van der Waals surface area contributed by atoms with E-state index < -0.39 is 6.10 Å². The second-order valence-corrected chi connectivity index (χ2v) is 6.19. The van der Waals surface area contributed by atoms with Gasteiger partial charge in [-0.2, -0.15) is 0 Å². The van der Waals surface area contributed by atoms with Gasteiger partial charge in [-0.05, 0) is 51.3 Å². The van der Waals surface area contributed by atoms with Gasteiger partial charge in [0.05, 0.1) is 25.9 Å². The number of benzene rings is 1. The summed E-state index contributed by atoms with van der Waals surface area (Å²) in [6.45, 7) is 7.43. The van der Waals surface area contributed by atoms with Crippen LogP contribution in [0.2, 0.25) is 0 Å². The Balaban J connectivity index is 1.73. The summed E-state index contributed by atoms with van der Waals surface area (Å²) >= 11 is 0. The molecular weight excluding hydrogens is 294 g/mol. The highest BCUT2D eigenvalue weighted by atomic mass is 16.6. The molecule has 0 radical (unpaired) electrons. The molecule has 5 nitrogen and oxygen atoms in total. The summed E-state index contributed by atoms with van der Waals surface area (Å²) in [6.07, 6.45) is 1.50. The molecule has 1 N–H and O–H groups in total. The molecule has 0 spiro atoms. The average molecular weight is 321 g/mol. The van der Waals surface area contributed by atoms with Crippen molar-refractivity contribution in [2.24, 2.45) is 0 Å². The molecule has 5 heteroatoms. The van der Waals surface area contributed by atoms with Gasteiger partial charge in [0.2, 0.25) is 0 Å². The minimum Gasteiger partial charge on any atom is -0.491 e. The third-order valence-corrected chi connectivity index (χ3v) is 3.66. The van der Waals surface area contributed by atoms with E-state index in [1.54, 1.807) is 0 Å². The molecule has 0 saturated carbocycles. The predicted octanol–water partition coefficient (Wildman–Crippen LogP) is 2.33. The second kappa shape index (κ2) is 8.89. The molecule has 2 rings (SSSR count). The third-order valence-electron chi connectivity index (χ3n) is 3.66. The first-order valence-electron chi connectivity index (χ1n) is 8.30. The van der Waals surface area contributed by atoms with Gasteiger partial charge in [-0.1, -0.05) is 12.1 Å². The smallest absolute Gasteiger partial charge is 0.251 e. The fourth-order valence-electron chi connectivity index (χ4n) is 2.44. The van der Waals surface area contributed by atoms with Crippen LogP contribution in [0.5, 0.6) is 5.75 Å². The molecule has 1 fully saturated rings. The molecule has 1 amide bonds. The van der Waals surface area contributed by atoms with Gasteiger partial charge in [-0.15, -0.1) is 0 Å². The van der Waals surface area contributed by atoms with Crippen molar-refractivity contribution in [3.63, 3.8) is 0 Å². The van der Waals surface area contributed by atoms with E-state index in [0.717, 1.165) is 18.6 Å². The summed E-state index contributed by atoms with van der Waals surface area (Å²) in [5.74, 6) is 0.803. The lowest BCUT2D eigenvalue weighted by Gasteiger charge is -2.24. The highest BCUT2D eigenvalue weighted by Gasteiger charge is 2.23. The van der Waals surface area contributed by atoms with E-state index in [-0.39, 0.29) is 18.1 Å². The maximum atomic E-state index is 12.0. The molecule has 1 heterocycles. The van der Waals surface area contributed by atoms with Crippen LogP contribution in [0.1, 0.15) is 32.8 Å². The number of rotatable bonds is 7. The molecule has 1 aliphatic heterocycles. The maximum Gasteiger partial charge on any atom is 0.251 e. The van der Waals surface area contributed by atoms with Crippen LogP contribution in [-0.2, 0) is 20.7 Å². The van der Waals surface area contributed by atoms with Gasteiger partial charge in [-0.3, -0.25) is 4.79 Å². The van der Waals surface area contributed by atoms with E-state index in [9.17, 15) is 4.79 Å². The summed E-state index contributed by atoms with van der Waals surface area (Å²) in [5.41, 5.74) is 1.24. The minimum atomic E-state index is -0.473. The lowest BCUT2D eigenvalue weighted by atomic mass is 10.1. The molecule has 1 saturated heterocycles. The molecule has 0 aromatic heterocycles. The Morgan fingerprint density at radius 1 is 1.26 bits per heavy atom. The molecule has 2 atom stereocenters. The normalized spacial score (nSPS) is 19.4. The Bertz CT molecular complexity index is 480. The maximum absolute atomic E-state index is 12.0. The van der Waals surface area contributed by atoms with Crippen LogP contribution in [-0.4, -0.2) is 44.0 Å². The minimum absolute atomic E-state index is 0.0853. The SMILES string of the molecule is CC(C)Oc1ccc(CC[C@@H](C)NC(=O)[C@@H]2COCCO2)cc1. The zero-order valence-electron chi connectivity index (χ0n) is 14.2. The lowest BCUT2D eigenvalue weighted by Crippen LogP contribution is -2.45. The zero-order valence-corrected chi connectivity index (χ0v) is 14.2. The van der Waals surface area contributed by atoms with Gasteiger partial charge in [0.15, 0.2) is 6.10 Å². The first-order valence-corrected chi connectivity index (χ1v) is 8.30. The van der Waals surface area contributed by atoms with Gasteiger partial charge in [-0.25, -0.2) is 0 Å². The molecule has 0 bridgehead atoms. The summed E-state index contributed by atoms with van der Waals surface area (Å²) in [7, 11) is 0. The van der Waals surface area contributed by atoms with E-state index in [4.69, 9.17) is 14.2 Å². The van der Waals surface area contributed by atoms with Gasteiger partial charge >= 0.3 is 0 Å². The highest BCUT2D eigenvalue weighted by Crippen LogP contribution is 2.15. The molecule has 1 aromatic carbocycles. The number of aryl methyl sites for hydroxylation is 1. The van der Waals surface area contributed by atoms with Gasteiger partial charge < -0.3 is 19.5 Å². The second-order valence-electron chi connectivity index (χ2n) is 6.19. The van der Waals surface area contributed by atoms with Crippen molar-refractivity contribution in [2.45, 2.75) is 51.9 Å². The van der Waals surface area contributed by atoms with Crippen molar-refractivity contribution in [2.75, 3.05) is 19.8 Å². The Kier molecular flexibility index (Phi) is 6.86. The van der Waals surface area contributed by atoms with Crippen LogP contribution < -0.4 is 10.1 Å². The summed E-state index contributed by atoms with van der Waals surface area (Å²) in [6, 6.07) is 8.23. The van der Waals surface area contributed by atoms with Crippen molar-refractivity contribution in [3.05, 3.63) is 29.8 Å². The molecule has 23 heavy (non-hydrogen) atoms. The van der Waals surface area contributed by atoms with Gasteiger partial charge in [0.1, 0.15) is 5.75 Å². The van der Waals surface area contributed by atoms with Crippen LogP contribution in [0, 0.1) is 0 Å². The fourth-order valence-corrected chi connectivity index (χ4v) is 2.44. The fraction of sp³-hybridized carbons (Fsp3) is 0.611. The Morgan fingerprint density at radius 3 is 2.61 bits per heavy atom. The van der Waals surface area contributed by atoms with E-state index in [1.807, 2.05) is 32.9 Å². The molecular formula is C18H27NO4. The molecule has 1 aromatic rings. The summed E-state index contributed by atoms with van der Waals surface area (Å²) in [4.78, 5) is 12.0. The number of amides is 1. The van der Waals surface area contributed by atoms with Crippen molar-refractivity contribution in [1.29, 1.82) is 0 Å². The van der Waals surface area contributed by atoms with Crippen LogP contribution in [0.4, 0.5) is 0 Å². The van der Waals surface area contributed by atoms with E-state index >= 15 is 0 Å². The van der Waals surface area contributed by atoms with Crippen LogP contribution in [0.25, 0.3) is 0 Å². The standard InChI is InChI=1S/C18H27NO4/c1-13(2)23-16-8-6-15(7-9-16)5-4-14(3)19-18(20)17-12-21-10-11-22-17/h6-9,13-14,17H,4-5,10-12H2,1-3H3,(H,19,20)/t14-,17+/m1/s1. The quantitative estimate of drug-likeness (QED) is 0.837. The van der Waals surface area contributed by atoms with Crippen molar-refractivity contribution in [1.82, 2.24) is 5.32 Å². The largest absolute Gasteiger partial charge is 0.491 e. The topological polar surface area (TPSA) is 56.8 Å². The molecule has 1 aliphatic rings. The van der Waals surface area contributed by atoms with E-state index in [0.29, 0.717) is 19.8 Å². The van der Waals surface area contributed by atoms with Crippen LogP contribution in [0.3, 0.4) is 0 Å². The Morgan fingerprint density at radius 2 is 2.00 bits per heavy atom. The van der Waals surface area contributed by atoms with Crippen molar-refractivity contribution >= 4 is 5.91 Å². The lowest BCUT2D eigenvalue weighted by molar-refractivity contribution is -0.148. The Labute approximate surface area is 138 Å². The number of hydrogen-bond donors (Lipinski definition) is 1. The summed E-state index contributed by atoms with van der Waals surface area (Å²) in [5, 5.41) is 2.99. The van der Waals surface area contributed by atoms with E-state index in [1.165, 1.54) is 5.56 Å². The number of ether oxygens (including phenoxy) is 3.